The molecule has 1 fully saturated rings. The predicted octanol–water partition coefficient (Wildman–Crippen LogP) is 2.82. The quantitative estimate of drug-likeness (QED) is 0.762. The lowest BCUT2D eigenvalue weighted by atomic mass is 10.1. The van der Waals surface area contributed by atoms with Crippen molar-refractivity contribution in [1.29, 1.82) is 0 Å². The third-order valence-corrected chi connectivity index (χ3v) is 4.64. The van der Waals surface area contributed by atoms with Gasteiger partial charge in [-0.1, -0.05) is 36.4 Å². The number of thiocarbonyl (C=S) groups is 1. The number of morpholine rings is 1. The monoisotopic (exact) mass is 373 g/mol. The molecule has 2 aromatic rings. The summed E-state index contributed by atoms with van der Waals surface area (Å²) in [6, 6.07) is 15.0. The Balaban J connectivity index is 1.39. The molecule has 1 saturated heterocycles. The Bertz CT molecular complexity index is 700. The second-order valence-corrected chi connectivity index (χ2v) is 6.78. The molecular weight excluding hydrogens is 349 g/mol. The minimum atomic E-state index is -0.230. The standard InChI is InChI=1S/C20H24FN3OS/c21-19-7-5-17(6-8-19)14-23-20(26)22-13-16-1-3-18(4-2-16)15-24-9-11-25-12-10-24/h1-8H,9-15H2,(H2,22,23,26). The molecule has 0 bridgehead atoms. The summed E-state index contributed by atoms with van der Waals surface area (Å²) in [6.07, 6.45) is 0. The Labute approximate surface area is 159 Å². The number of nitrogens with zero attached hydrogens (tertiary/aromatic N) is 1. The molecule has 2 N–H and O–H groups in total. The van der Waals surface area contributed by atoms with Crippen LogP contribution in [0.3, 0.4) is 0 Å². The number of ether oxygens (including phenoxy) is 1. The van der Waals surface area contributed by atoms with E-state index < -0.39 is 0 Å². The lowest BCUT2D eigenvalue weighted by Gasteiger charge is -2.26. The molecule has 0 aromatic heterocycles. The third kappa shape index (κ3) is 6.05. The van der Waals surface area contributed by atoms with E-state index in [0.29, 0.717) is 18.2 Å². The van der Waals surface area contributed by atoms with Gasteiger partial charge in [0.2, 0.25) is 0 Å². The normalized spacial score (nSPS) is 14.8. The molecule has 1 aliphatic rings. The van der Waals surface area contributed by atoms with Gasteiger partial charge in [0.05, 0.1) is 13.2 Å². The fraction of sp³-hybridized carbons (Fsp3) is 0.350. The number of rotatable bonds is 6. The number of hydrogen-bond donors (Lipinski definition) is 2. The van der Waals surface area contributed by atoms with Crippen LogP contribution >= 0.6 is 12.2 Å². The van der Waals surface area contributed by atoms with Crippen LogP contribution in [0, 0.1) is 5.82 Å². The average molecular weight is 373 g/mol. The highest BCUT2D eigenvalue weighted by molar-refractivity contribution is 7.80. The summed E-state index contributed by atoms with van der Waals surface area (Å²) in [7, 11) is 0. The van der Waals surface area contributed by atoms with E-state index in [1.54, 1.807) is 12.1 Å². The van der Waals surface area contributed by atoms with Gasteiger partial charge in [-0.15, -0.1) is 0 Å². The van der Waals surface area contributed by atoms with Gasteiger partial charge in [-0.2, -0.15) is 0 Å². The van der Waals surface area contributed by atoms with Crippen molar-refractivity contribution in [2.45, 2.75) is 19.6 Å². The number of benzene rings is 2. The van der Waals surface area contributed by atoms with Crippen LogP contribution in [0.5, 0.6) is 0 Å². The first-order valence-electron chi connectivity index (χ1n) is 8.83. The minimum Gasteiger partial charge on any atom is -0.379 e. The molecule has 6 heteroatoms. The second kappa shape index (κ2) is 9.62. The number of halogens is 1. The van der Waals surface area contributed by atoms with Gasteiger partial charge in [0.1, 0.15) is 5.82 Å². The lowest BCUT2D eigenvalue weighted by molar-refractivity contribution is 0.0342. The first kappa shape index (κ1) is 18.8. The van der Waals surface area contributed by atoms with E-state index in [0.717, 1.165) is 38.4 Å². The van der Waals surface area contributed by atoms with Crippen molar-refractivity contribution in [3.63, 3.8) is 0 Å². The molecule has 138 valence electrons. The molecule has 2 aromatic carbocycles. The molecule has 1 heterocycles. The van der Waals surface area contributed by atoms with E-state index >= 15 is 0 Å². The lowest BCUT2D eigenvalue weighted by Crippen LogP contribution is -2.35. The SMILES string of the molecule is Fc1ccc(CNC(=S)NCc2ccc(CN3CCOCC3)cc2)cc1. The van der Waals surface area contributed by atoms with Gasteiger partial charge in [-0.05, 0) is 41.0 Å². The molecule has 0 aliphatic carbocycles. The summed E-state index contributed by atoms with van der Waals surface area (Å²) in [5.41, 5.74) is 3.48. The largest absolute Gasteiger partial charge is 0.379 e. The van der Waals surface area contributed by atoms with Gasteiger partial charge < -0.3 is 15.4 Å². The van der Waals surface area contributed by atoms with Crippen LogP contribution in [0.2, 0.25) is 0 Å². The second-order valence-electron chi connectivity index (χ2n) is 6.37. The summed E-state index contributed by atoms with van der Waals surface area (Å²) in [4.78, 5) is 2.41. The Morgan fingerprint density at radius 1 is 0.885 bits per heavy atom. The first-order chi connectivity index (χ1) is 12.7. The van der Waals surface area contributed by atoms with Crippen molar-refractivity contribution < 1.29 is 9.13 Å². The van der Waals surface area contributed by atoms with Gasteiger partial charge >= 0.3 is 0 Å². The van der Waals surface area contributed by atoms with Crippen LogP contribution in [0.15, 0.2) is 48.5 Å². The van der Waals surface area contributed by atoms with Gasteiger partial charge in [-0.3, -0.25) is 4.90 Å². The van der Waals surface area contributed by atoms with Crippen molar-refractivity contribution in [3.05, 3.63) is 71.0 Å². The topological polar surface area (TPSA) is 36.5 Å². The predicted molar refractivity (Wildman–Crippen MR) is 105 cm³/mol. The van der Waals surface area contributed by atoms with Crippen molar-refractivity contribution in [2.75, 3.05) is 26.3 Å². The van der Waals surface area contributed by atoms with E-state index in [2.05, 4.69) is 39.8 Å². The van der Waals surface area contributed by atoms with Crippen LogP contribution < -0.4 is 10.6 Å². The van der Waals surface area contributed by atoms with E-state index in [4.69, 9.17) is 17.0 Å². The Morgan fingerprint density at radius 2 is 1.38 bits per heavy atom. The Hall–Kier alpha value is -2.02. The molecule has 3 rings (SSSR count). The van der Waals surface area contributed by atoms with Crippen LogP contribution in [-0.2, 0) is 24.4 Å². The zero-order valence-corrected chi connectivity index (χ0v) is 15.5. The van der Waals surface area contributed by atoms with E-state index in [9.17, 15) is 4.39 Å². The first-order valence-corrected chi connectivity index (χ1v) is 9.24. The van der Waals surface area contributed by atoms with Crippen LogP contribution in [0.1, 0.15) is 16.7 Å². The molecule has 26 heavy (non-hydrogen) atoms. The summed E-state index contributed by atoms with van der Waals surface area (Å²) < 4.78 is 18.3. The molecule has 4 nitrogen and oxygen atoms in total. The smallest absolute Gasteiger partial charge is 0.166 e. The maximum Gasteiger partial charge on any atom is 0.166 e. The van der Waals surface area contributed by atoms with Crippen LogP contribution in [-0.4, -0.2) is 36.3 Å². The molecule has 0 atom stereocenters. The van der Waals surface area contributed by atoms with E-state index in [1.807, 2.05) is 0 Å². The van der Waals surface area contributed by atoms with Crippen LogP contribution in [0.25, 0.3) is 0 Å². The third-order valence-electron chi connectivity index (χ3n) is 4.35. The molecule has 0 amide bonds. The van der Waals surface area contributed by atoms with Gasteiger partial charge in [0, 0.05) is 32.7 Å². The summed E-state index contributed by atoms with van der Waals surface area (Å²) in [6.45, 7) is 5.86. The van der Waals surface area contributed by atoms with Crippen molar-refractivity contribution >= 4 is 17.3 Å². The maximum atomic E-state index is 12.9. The number of nitrogens with one attached hydrogen (secondary N) is 2. The molecule has 0 saturated carbocycles. The van der Waals surface area contributed by atoms with Crippen LogP contribution in [0.4, 0.5) is 4.39 Å². The molecule has 1 aliphatic heterocycles. The van der Waals surface area contributed by atoms with Gasteiger partial charge in [-0.25, -0.2) is 4.39 Å². The summed E-state index contributed by atoms with van der Waals surface area (Å²) in [5.74, 6) is -0.230. The highest BCUT2D eigenvalue weighted by atomic mass is 32.1. The Morgan fingerprint density at radius 3 is 1.96 bits per heavy atom. The average Bonchev–Trinajstić information content (AvgIpc) is 2.68. The molecule has 0 unspecified atom stereocenters. The van der Waals surface area contributed by atoms with Crippen molar-refractivity contribution in [3.8, 4) is 0 Å². The van der Waals surface area contributed by atoms with Crippen molar-refractivity contribution in [1.82, 2.24) is 15.5 Å². The van der Waals surface area contributed by atoms with Crippen molar-refractivity contribution in [2.24, 2.45) is 0 Å². The summed E-state index contributed by atoms with van der Waals surface area (Å²) >= 11 is 5.30. The number of hydrogen-bond acceptors (Lipinski definition) is 3. The minimum absolute atomic E-state index is 0.230. The zero-order valence-electron chi connectivity index (χ0n) is 14.7. The summed E-state index contributed by atoms with van der Waals surface area (Å²) in [5, 5.41) is 6.92. The highest BCUT2D eigenvalue weighted by Gasteiger charge is 2.10. The zero-order chi connectivity index (χ0) is 18.2. The molecule has 0 radical (unpaired) electrons. The maximum absolute atomic E-state index is 12.9. The molecule has 0 spiro atoms. The van der Waals surface area contributed by atoms with Gasteiger partial charge in [0.15, 0.2) is 5.11 Å². The van der Waals surface area contributed by atoms with E-state index in [1.165, 1.54) is 23.3 Å². The van der Waals surface area contributed by atoms with Gasteiger partial charge in [0.25, 0.3) is 0 Å². The fourth-order valence-electron chi connectivity index (χ4n) is 2.81. The Kier molecular flexibility index (Phi) is 6.94. The molecular formula is C20H24FN3OS. The van der Waals surface area contributed by atoms with E-state index in [-0.39, 0.29) is 5.82 Å². The fourth-order valence-corrected chi connectivity index (χ4v) is 2.95. The highest BCUT2D eigenvalue weighted by Crippen LogP contribution is 2.09.